The minimum atomic E-state index is 0.196. The second-order valence-electron chi connectivity index (χ2n) is 2.57. The van der Waals surface area contributed by atoms with Gasteiger partial charge in [-0.25, -0.2) is 9.97 Å². The Bertz CT molecular complexity index is 582. The van der Waals surface area contributed by atoms with Crippen molar-refractivity contribution >= 4 is 11.5 Å². The second-order valence-corrected chi connectivity index (χ2v) is 2.57. The van der Waals surface area contributed by atoms with E-state index in [9.17, 15) is 0 Å². The summed E-state index contributed by atoms with van der Waals surface area (Å²) >= 11 is 0. The average molecular weight is 184 g/mol. The first-order valence-electron chi connectivity index (χ1n) is 3.69. The quantitative estimate of drug-likeness (QED) is 0.623. The molecule has 0 aliphatic carbocycles. The van der Waals surface area contributed by atoms with Crippen molar-refractivity contribution in [2.45, 2.75) is 0 Å². The number of aromatic nitrogens is 3. The Morgan fingerprint density at radius 1 is 1.29 bits per heavy atom. The normalized spacial score (nSPS) is 9.57. The fourth-order valence-corrected chi connectivity index (χ4v) is 1.13. The van der Waals surface area contributed by atoms with Crippen molar-refractivity contribution in [3.8, 4) is 12.1 Å². The van der Waals surface area contributed by atoms with E-state index < -0.39 is 0 Å². The molecule has 6 nitrogen and oxygen atoms in total. The molecular formula is C8H4N6. The first kappa shape index (κ1) is 8.02. The van der Waals surface area contributed by atoms with E-state index in [0.717, 1.165) is 0 Å². The fraction of sp³-hybridized carbons (Fsp3) is 0. The van der Waals surface area contributed by atoms with Crippen LogP contribution in [0.5, 0.6) is 0 Å². The molecule has 66 valence electrons. The lowest BCUT2D eigenvalue weighted by Gasteiger charge is -1.99. The highest BCUT2D eigenvalue weighted by atomic mass is 15.1. The van der Waals surface area contributed by atoms with Gasteiger partial charge in [0, 0.05) is 0 Å². The lowest BCUT2D eigenvalue weighted by atomic mass is 10.3. The number of hydrogen-bond acceptors (Lipinski definition) is 5. The van der Waals surface area contributed by atoms with Crippen LogP contribution in [-0.4, -0.2) is 14.4 Å². The predicted octanol–water partition coefficient (Wildman–Crippen LogP) is 0.0549. The Hall–Kier alpha value is -2.60. The fourth-order valence-electron chi connectivity index (χ4n) is 1.13. The molecule has 0 unspecified atom stereocenters. The molecule has 6 heteroatoms. The van der Waals surface area contributed by atoms with E-state index in [1.165, 1.54) is 16.9 Å². The van der Waals surface area contributed by atoms with Crippen LogP contribution in [0.4, 0.5) is 5.82 Å². The molecule has 0 aliphatic rings. The van der Waals surface area contributed by atoms with Gasteiger partial charge in [0.2, 0.25) is 0 Å². The molecule has 2 aromatic heterocycles. The van der Waals surface area contributed by atoms with Crippen LogP contribution in [0.1, 0.15) is 11.3 Å². The van der Waals surface area contributed by atoms with Crippen molar-refractivity contribution in [2.75, 3.05) is 5.73 Å². The molecule has 0 saturated heterocycles. The Balaban J connectivity index is 2.89. The molecule has 2 N–H and O–H groups in total. The maximum Gasteiger partial charge on any atom is 0.185 e. The van der Waals surface area contributed by atoms with Gasteiger partial charge in [-0.2, -0.15) is 10.5 Å². The lowest BCUT2D eigenvalue weighted by molar-refractivity contribution is 1.11. The van der Waals surface area contributed by atoms with Crippen molar-refractivity contribution in [1.29, 1.82) is 10.5 Å². The highest BCUT2D eigenvalue weighted by Crippen LogP contribution is 2.13. The summed E-state index contributed by atoms with van der Waals surface area (Å²) < 4.78 is 1.41. The summed E-state index contributed by atoms with van der Waals surface area (Å²) in [4.78, 5) is 7.72. The largest absolute Gasteiger partial charge is 0.384 e. The van der Waals surface area contributed by atoms with Gasteiger partial charge in [0.25, 0.3) is 0 Å². The third kappa shape index (κ3) is 0.883. The maximum absolute atomic E-state index is 8.67. The molecule has 0 atom stereocenters. The number of imidazole rings is 1. The first-order valence-corrected chi connectivity index (χ1v) is 3.69. The number of nitriles is 2. The summed E-state index contributed by atoms with van der Waals surface area (Å²) in [6.07, 6.45) is 2.70. The van der Waals surface area contributed by atoms with Crippen molar-refractivity contribution < 1.29 is 0 Å². The van der Waals surface area contributed by atoms with Gasteiger partial charge in [-0.15, -0.1) is 0 Å². The minimum absolute atomic E-state index is 0.196. The van der Waals surface area contributed by atoms with Crippen molar-refractivity contribution in [3.05, 3.63) is 23.8 Å². The van der Waals surface area contributed by atoms with Crippen LogP contribution in [0.3, 0.4) is 0 Å². The van der Waals surface area contributed by atoms with Gasteiger partial charge < -0.3 is 5.73 Å². The van der Waals surface area contributed by atoms with Crippen LogP contribution < -0.4 is 5.73 Å². The molecule has 0 fully saturated rings. The van der Waals surface area contributed by atoms with Gasteiger partial charge in [-0.05, 0) is 0 Å². The summed E-state index contributed by atoms with van der Waals surface area (Å²) in [6, 6.07) is 3.78. The zero-order valence-electron chi connectivity index (χ0n) is 6.97. The molecule has 0 aromatic carbocycles. The van der Waals surface area contributed by atoms with Crippen molar-refractivity contribution in [1.82, 2.24) is 14.4 Å². The smallest absolute Gasteiger partial charge is 0.185 e. The second kappa shape index (κ2) is 2.71. The maximum atomic E-state index is 8.67. The van der Waals surface area contributed by atoms with Gasteiger partial charge in [0.15, 0.2) is 11.3 Å². The summed E-state index contributed by atoms with van der Waals surface area (Å²) in [5.41, 5.74) is 6.47. The summed E-state index contributed by atoms with van der Waals surface area (Å²) in [6.45, 7) is 0. The van der Waals surface area contributed by atoms with Crippen LogP contribution in [0.2, 0.25) is 0 Å². The summed E-state index contributed by atoms with van der Waals surface area (Å²) in [5.74, 6) is 0.242. The molecule has 2 rings (SSSR count). The third-order valence-corrected chi connectivity index (χ3v) is 1.82. The average Bonchev–Trinajstić information content (AvgIpc) is 2.62. The van der Waals surface area contributed by atoms with Crippen LogP contribution in [-0.2, 0) is 0 Å². The van der Waals surface area contributed by atoms with Gasteiger partial charge in [-0.1, -0.05) is 0 Å². The number of hydrogen-bond donors (Lipinski definition) is 1. The predicted molar refractivity (Wildman–Crippen MR) is 46.8 cm³/mol. The molecule has 0 amide bonds. The molecular weight excluding hydrogens is 180 g/mol. The molecule has 0 aliphatic heterocycles. The van der Waals surface area contributed by atoms with Crippen LogP contribution in [0.15, 0.2) is 12.5 Å². The van der Waals surface area contributed by atoms with Crippen LogP contribution >= 0.6 is 0 Å². The summed E-state index contributed by atoms with van der Waals surface area (Å²) in [7, 11) is 0. The zero-order valence-corrected chi connectivity index (χ0v) is 6.97. The topological polar surface area (TPSA) is 104 Å². The highest BCUT2D eigenvalue weighted by molar-refractivity contribution is 5.59. The third-order valence-electron chi connectivity index (χ3n) is 1.82. The van der Waals surface area contributed by atoms with Crippen LogP contribution in [0.25, 0.3) is 5.65 Å². The van der Waals surface area contributed by atoms with E-state index in [0.29, 0.717) is 5.65 Å². The number of rotatable bonds is 0. The van der Waals surface area contributed by atoms with E-state index in [1.807, 2.05) is 12.1 Å². The number of nitrogen functional groups attached to an aromatic ring is 1. The van der Waals surface area contributed by atoms with E-state index in [2.05, 4.69) is 9.97 Å². The molecule has 0 bridgehead atoms. The number of fused-ring (bicyclic) bond motifs is 1. The van der Waals surface area contributed by atoms with E-state index >= 15 is 0 Å². The Kier molecular flexibility index (Phi) is 1.55. The Labute approximate surface area is 78.8 Å². The van der Waals surface area contributed by atoms with Gasteiger partial charge >= 0.3 is 0 Å². The molecule has 0 saturated carbocycles. The SMILES string of the molecule is N#Cc1cnc2c(C#N)ncn2c1N. The zero-order chi connectivity index (χ0) is 10.1. The Morgan fingerprint density at radius 3 is 2.71 bits per heavy atom. The first-order chi connectivity index (χ1) is 6.77. The molecule has 2 aromatic rings. The molecule has 0 radical (unpaired) electrons. The van der Waals surface area contributed by atoms with E-state index in [-0.39, 0.29) is 17.1 Å². The van der Waals surface area contributed by atoms with E-state index in [4.69, 9.17) is 16.3 Å². The standard InChI is InChI=1S/C8H4N6/c9-1-5-3-12-8-6(2-10)13-4-14(8)7(5)11/h3-4H,11H2. The minimum Gasteiger partial charge on any atom is -0.384 e. The van der Waals surface area contributed by atoms with Gasteiger partial charge in [0.05, 0.1) is 6.20 Å². The van der Waals surface area contributed by atoms with E-state index in [1.54, 1.807) is 0 Å². The number of anilines is 1. The highest BCUT2D eigenvalue weighted by Gasteiger charge is 2.09. The molecule has 14 heavy (non-hydrogen) atoms. The van der Waals surface area contributed by atoms with Crippen molar-refractivity contribution in [2.24, 2.45) is 0 Å². The van der Waals surface area contributed by atoms with Gasteiger partial charge in [-0.3, -0.25) is 4.40 Å². The molecule has 0 spiro atoms. The Morgan fingerprint density at radius 2 is 2.07 bits per heavy atom. The molecule has 2 heterocycles. The number of nitrogens with zero attached hydrogens (tertiary/aromatic N) is 5. The summed E-state index contributed by atoms with van der Waals surface area (Å²) in [5, 5.41) is 17.3. The monoisotopic (exact) mass is 184 g/mol. The lowest BCUT2D eigenvalue weighted by Crippen LogP contribution is -2.00. The van der Waals surface area contributed by atoms with Crippen LogP contribution in [0, 0.1) is 22.7 Å². The van der Waals surface area contributed by atoms with Crippen molar-refractivity contribution in [3.63, 3.8) is 0 Å². The van der Waals surface area contributed by atoms with Gasteiger partial charge in [0.1, 0.15) is 29.8 Å². The number of nitrogens with two attached hydrogens (primary N) is 1.